The van der Waals surface area contributed by atoms with Gasteiger partial charge in [-0.1, -0.05) is 18.9 Å². The lowest BCUT2D eigenvalue weighted by Crippen LogP contribution is -2.44. The molecule has 1 aromatic rings. The zero-order valence-corrected chi connectivity index (χ0v) is 12.8. The molecule has 0 saturated heterocycles. The Morgan fingerprint density at radius 1 is 1.30 bits per heavy atom. The minimum atomic E-state index is -1.00. The van der Waals surface area contributed by atoms with Gasteiger partial charge in [-0.05, 0) is 31.4 Å². The monoisotopic (exact) mass is 321 g/mol. The maximum atomic E-state index is 11.9. The molecule has 1 saturated carbocycles. The Bertz CT molecular complexity index is 638. The minimum Gasteiger partial charge on any atom is -0.388 e. The topological polar surface area (TPSA) is 122 Å². The zero-order chi connectivity index (χ0) is 17.0. The molecular formula is C15H19N3O5. The van der Waals surface area contributed by atoms with E-state index in [1.54, 1.807) is 13.0 Å². The van der Waals surface area contributed by atoms with Gasteiger partial charge < -0.3 is 15.7 Å². The number of carbonyl (C=O) groups is 2. The van der Waals surface area contributed by atoms with E-state index >= 15 is 0 Å². The van der Waals surface area contributed by atoms with Gasteiger partial charge in [-0.2, -0.15) is 0 Å². The van der Waals surface area contributed by atoms with E-state index in [1.165, 1.54) is 12.1 Å². The second kappa shape index (κ2) is 6.74. The molecule has 124 valence electrons. The average molecular weight is 321 g/mol. The van der Waals surface area contributed by atoms with Crippen LogP contribution < -0.4 is 10.6 Å². The van der Waals surface area contributed by atoms with Crippen LogP contribution in [-0.2, 0) is 9.59 Å². The van der Waals surface area contributed by atoms with Crippen LogP contribution >= 0.6 is 0 Å². The summed E-state index contributed by atoms with van der Waals surface area (Å²) < 4.78 is 0. The van der Waals surface area contributed by atoms with Crippen molar-refractivity contribution in [2.45, 2.75) is 38.2 Å². The molecule has 0 bridgehead atoms. The first-order chi connectivity index (χ1) is 10.8. The van der Waals surface area contributed by atoms with Crippen molar-refractivity contribution in [1.82, 2.24) is 5.32 Å². The van der Waals surface area contributed by atoms with Crippen molar-refractivity contribution in [3.8, 4) is 0 Å². The lowest BCUT2D eigenvalue weighted by atomic mass is 10.0. The Labute approximate surface area is 133 Å². The highest BCUT2D eigenvalue weighted by atomic mass is 16.6. The summed E-state index contributed by atoms with van der Waals surface area (Å²) in [7, 11) is 0. The van der Waals surface area contributed by atoms with Gasteiger partial charge in [0.15, 0.2) is 0 Å². The van der Waals surface area contributed by atoms with Crippen LogP contribution in [0.3, 0.4) is 0 Å². The van der Waals surface area contributed by atoms with Crippen LogP contribution in [-0.4, -0.2) is 34.0 Å². The molecule has 1 aliphatic rings. The van der Waals surface area contributed by atoms with Crippen molar-refractivity contribution in [3.63, 3.8) is 0 Å². The lowest BCUT2D eigenvalue weighted by Gasteiger charge is -2.22. The summed E-state index contributed by atoms with van der Waals surface area (Å²) in [5.41, 5.74) is -0.616. The van der Waals surface area contributed by atoms with Gasteiger partial charge in [0.2, 0.25) is 0 Å². The molecule has 0 spiro atoms. The Morgan fingerprint density at radius 3 is 2.57 bits per heavy atom. The molecule has 0 radical (unpaired) electrons. The zero-order valence-electron chi connectivity index (χ0n) is 12.8. The first kappa shape index (κ1) is 16.9. The normalized spacial score (nSPS) is 15.9. The predicted octanol–water partition coefficient (Wildman–Crippen LogP) is 1.26. The van der Waals surface area contributed by atoms with Crippen molar-refractivity contribution in [1.29, 1.82) is 0 Å². The minimum absolute atomic E-state index is 0.00472. The first-order valence-corrected chi connectivity index (χ1v) is 7.37. The van der Waals surface area contributed by atoms with Gasteiger partial charge in [0.1, 0.15) is 5.69 Å². The molecule has 2 amide bonds. The number of benzene rings is 1. The summed E-state index contributed by atoms with van der Waals surface area (Å²) in [4.78, 5) is 34.0. The van der Waals surface area contributed by atoms with E-state index in [2.05, 4.69) is 10.6 Å². The van der Waals surface area contributed by atoms with E-state index in [0.717, 1.165) is 12.8 Å². The third kappa shape index (κ3) is 4.26. The molecule has 3 N–H and O–H groups in total. The number of hydrogen-bond donors (Lipinski definition) is 3. The third-order valence-electron chi connectivity index (χ3n) is 3.92. The van der Waals surface area contributed by atoms with Gasteiger partial charge in [-0.25, -0.2) is 0 Å². The van der Waals surface area contributed by atoms with Crippen LogP contribution in [0.4, 0.5) is 11.4 Å². The van der Waals surface area contributed by atoms with E-state index in [1.807, 2.05) is 0 Å². The van der Waals surface area contributed by atoms with Gasteiger partial charge in [-0.3, -0.25) is 19.7 Å². The molecular weight excluding hydrogens is 302 g/mol. The van der Waals surface area contributed by atoms with Crippen LogP contribution in [0.15, 0.2) is 18.2 Å². The number of aryl methyl sites for hydroxylation is 1. The molecule has 1 aliphatic carbocycles. The molecule has 1 aromatic carbocycles. The summed E-state index contributed by atoms with van der Waals surface area (Å²) >= 11 is 0. The number of hydrogen-bond acceptors (Lipinski definition) is 5. The molecule has 1 fully saturated rings. The molecule has 8 heteroatoms. The smallest absolute Gasteiger partial charge is 0.313 e. The van der Waals surface area contributed by atoms with Crippen LogP contribution in [0.1, 0.15) is 31.2 Å². The van der Waals surface area contributed by atoms with Crippen molar-refractivity contribution in [2.75, 3.05) is 11.9 Å². The summed E-state index contributed by atoms with van der Waals surface area (Å²) in [6.45, 7) is 1.68. The maximum Gasteiger partial charge on any atom is 0.313 e. The fraction of sp³-hybridized carbons (Fsp3) is 0.467. The molecule has 0 unspecified atom stereocenters. The number of nitrogens with one attached hydrogen (secondary N) is 2. The van der Waals surface area contributed by atoms with Crippen molar-refractivity contribution >= 4 is 23.2 Å². The molecule has 0 heterocycles. The molecule has 8 nitrogen and oxygen atoms in total. The highest BCUT2D eigenvalue weighted by Gasteiger charge is 2.32. The van der Waals surface area contributed by atoms with E-state index in [9.17, 15) is 24.8 Å². The standard InChI is InChI=1S/C15H19N3O5/c1-10-4-5-11(12(8-10)18(22)23)17-14(20)13(19)16-9-15(21)6-2-3-7-15/h4-5,8,21H,2-3,6-7,9H2,1H3,(H,16,19)(H,17,20). The quantitative estimate of drug-likeness (QED) is 0.438. The maximum absolute atomic E-state index is 11.9. The fourth-order valence-corrected chi connectivity index (χ4v) is 2.61. The van der Waals surface area contributed by atoms with E-state index < -0.39 is 22.3 Å². The number of carbonyl (C=O) groups excluding carboxylic acids is 2. The largest absolute Gasteiger partial charge is 0.388 e. The molecule has 0 atom stereocenters. The molecule has 2 rings (SSSR count). The van der Waals surface area contributed by atoms with Crippen molar-refractivity contribution < 1.29 is 19.6 Å². The molecule has 23 heavy (non-hydrogen) atoms. The first-order valence-electron chi connectivity index (χ1n) is 7.37. The highest BCUT2D eigenvalue weighted by Crippen LogP contribution is 2.28. The second-order valence-corrected chi connectivity index (χ2v) is 5.85. The van der Waals surface area contributed by atoms with Gasteiger partial charge in [0, 0.05) is 12.6 Å². The van der Waals surface area contributed by atoms with Gasteiger partial charge in [0.25, 0.3) is 5.69 Å². The van der Waals surface area contributed by atoms with E-state index in [4.69, 9.17) is 0 Å². The number of rotatable bonds is 4. The number of nitro benzene ring substituents is 1. The predicted molar refractivity (Wildman–Crippen MR) is 82.9 cm³/mol. The number of nitrogens with zero attached hydrogens (tertiary/aromatic N) is 1. The van der Waals surface area contributed by atoms with Gasteiger partial charge in [-0.15, -0.1) is 0 Å². The lowest BCUT2D eigenvalue weighted by molar-refractivity contribution is -0.384. The Morgan fingerprint density at radius 2 is 1.96 bits per heavy atom. The summed E-state index contributed by atoms with van der Waals surface area (Å²) in [5, 5.41) is 25.7. The van der Waals surface area contributed by atoms with Crippen LogP contribution in [0, 0.1) is 17.0 Å². The highest BCUT2D eigenvalue weighted by molar-refractivity contribution is 6.39. The van der Waals surface area contributed by atoms with Crippen LogP contribution in [0.2, 0.25) is 0 Å². The van der Waals surface area contributed by atoms with E-state index in [-0.39, 0.29) is 17.9 Å². The SMILES string of the molecule is Cc1ccc(NC(=O)C(=O)NCC2(O)CCCC2)c([N+](=O)[O-])c1. The Kier molecular flexibility index (Phi) is 4.95. The van der Waals surface area contributed by atoms with Crippen molar-refractivity contribution in [3.05, 3.63) is 33.9 Å². The van der Waals surface area contributed by atoms with Gasteiger partial charge >= 0.3 is 11.8 Å². The average Bonchev–Trinajstić information content (AvgIpc) is 2.93. The number of amides is 2. The molecule has 0 aromatic heterocycles. The summed E-state index contributed by atoms with van der Waals surface area (Å²) in [6, 6.07) is 4.29. The summed E-state index contributed by atoms with van der Waals surface area (Å²) in [6.07, 6.45) is 2.93. The third-order valence-corrected chi connectivity index (χ3v) is 3.92. The number of anilines is 1. The Balaban J connectivity index is 1.98. The Hall–Kier alpha value is -2.48. The second-order valence-electron chi connectivity index (χ2n) is 5.85. The van der Waals surface area contributed by atoms with Gasteiger partial charge in [0.05, 0.1) is 10.5 Å². The van der Waals surface area contributed by atoms with E-state index in [0.29, 0.717) is 18.4 Å². The van der Waals surface area contributed by atoms with Crippen molar-refractivity contribution in [2.24, 2.45) is 0 Å². The molecule has 0 aliphatic heterocycles. The van der Waals surface area contributed by atoms with Crippen LogP contribution in [0.5, 0.6) is 0 Å². The number of nitro groups is 1. The number of aliphatic hydroxyl groups is 1. The van der Waals surface area contributed by atoms with Crippen LogP contribution in [0.25, 0.3) is 0 Å². The summed E-state index contributed by atoms with van der Waals surface area (Å²) in [5.74, 6) is -1.93. The fourth-order valence-electron chi connectivity index (χ4n) is 2.61.